The summed E-state index contributed by atoms with van der Waals surface area (Å²) in [6, 6.07) is 8.08. The maximum absolute atomic E-state index is 3.95. The molecule has 0 radical (unpaired) electrons. The minimum absolute atomic E-state index is 0.402. The SMILES string of the molecule is C=NC/N=C\Nc1cccc(C)c1. The normalized spacial score (nSPS) is 10.2. The molecule has 0 spiro atoms. The molecule has 0 heterocycles. The van der Waals surface area contributed by atoms with Crippen molar-refractivity contribution in [2.24, 2.45) is 9.98 Å². The van der Waals surface area contributed by atoms with Crippen LogP contribution in [-0.4, -0.2) is 19.7 Å². The summed E-state index contributed by atoms with van der Waals surface area (Å²) in [5.74, 6) is 0. The second-order valence-electron chi connectivity index (χ2n) is 2.69. The maximum atomic E-state index is 3.95. The zero-order valence-corrected chi connectivity index (χ0v) is 7.70. The Morgan fingerprint density at radius 2 is 2.38 bits per heavy atom. The van der Waals surface area contributed by atoms with E-state index in [1.807, 2.05) is 31.2 Å². The number of nitrogens with zero attached hydrogens (tertiary/aromatic N) is 2. The highest BCUT2D eigenvalue weighted by Crippen LogP contribution is 2.07. The molecule has 0 unspecified atom stereocenters. The van der Waals surface area contributed by atoms with Gasteiger partial charge in [-0.05, 0) is 31.3 Å². The first kappa shape index (κ1) is 9.45. The number of aliphatic imine (C=N–C) groups is 2. The van der Waals surface area contributed by atoms with Crippen LogP contribution in [0, 0.1) is 6.92 Å². The number of anilines is 1. The van der Waals surface area contributed by atoms with E-state index in [1.54, 1.807) is 6.34 Å². The lowest BCUT2D eigenvalue weighted by molar-refractivity contribution is 1.09. The van der Waals surface area contributed by atoms with Crippen molar-refractivity contribution in [3.63, 3.8) is 0 Å². The molecule has 3 nitrogen and oxygen atoms in total. The monoisotopic (exact) mass is 175 g/mol. The van der Waals surface area contributed by atoms with Crippen molar-refractivity contribution < 1.29 is 0 Å². The van der Waals surface area contributed by atoms with Gasteiger partial charge in [-0.15, -0.1) is 0 Å². The van der Waals surface area contributed by atoms with Gasteiger partial charge >= 0.3 is 0 Å². The van der Waals surface area contributed by atoms with Gasteiger partial charge in [-0.2, -0.15) is 0 Å². The lowest BCUT2D eigenvalue weighted by Crippen LogP contribution is -1.95. The van der Waals surface area contributed by atoms with Crippen molar-refractivity contribution >= 4 is 18.7 Å². The minimum Gasteiger partial charge on any atom is -0.347 e. The van der Waals surface area contributed by atoms with Crippen LogP contribution in [0.1, 0.15) is 5.56 Å². The van der Waals surface area contributed by atoms with Gasteiger partial charge < -0.3 is 5.32 Å². The summed E-state index contributed by atoms with van der Waals surface area (Å²) in [6.07, 6.45) is 1.63. The van der Waals surface area contributed by atoms with Crippen LogP contribution in [0.25, 0.3) is 0 Å². The van der Waals surface area contributed by atoms with Crippen molar-refractivity contribution in [3.05, 3.63) is 29.8 Å². The third-order valence-corrected chi connectivity index (χ3v) is 1.52. The third kappa shape index (κ3) is 3.51. The summed E-state index contributed by atoms with van der Waals surface area (Å²) < 4.78 is 0. The summed E-state index contributed by atoms with van der Waals surface area (Å²) in [5, 5.41) is 3.04. The number of aryl methyl sites for hydroxylation is 1. The third-order valence-electron chi connectivity index (χ3n) is 1.52. The fourth-order valence-electron chi connectivity index (χ4n) is 0.954. The molecule has 1 aromatic rings. The largest absolute Gasteiger partial charge is 0.347 e. The van der Waals surface area contributed by atoms with Crippen molar-refractivity contribution in [2.45, 2.75) is 6.92 Å². The zero-order chi connectivity index (χ0) is 9.52. The Labute approximate surface area is 78.2 Å². The molecular weight excluding hydrogens is 162 g/mol. The van der Waals surface area contributed by atoms with Gasteiger partial charge in [0.25, 0.3) is 0 Å². The predicted molar refractivity (Wildman–Crippen MR) is 57.7 cm³/mol. The first-order chi connectivity index (χ1) is 6.33. The van der Waals surface area contributed by atoms with Crippen LogP contribution < -0.4 is 5.32 Å². The molecule has 0 aliphatic heterocycles. The average molecular weight is 175 g/mol. The van der Waals surface area contributed by atoms with Gasteiger partial charge in [-0.3, -0.25) is 9.98 Å². The summed E-state index contributed by atoms with van der Waals surface area (Å²) in [6.45, 7) is 5.78. The molecule has 1 N–H and O–H groups in total. The Balaban J connectivity index is 2.49. The van der Waals surface area contributed by atoms with Gasteiger partial charge in [-0.25, -0.2) is 0 Å². The van der Waals surface area contributed by atoms with Crippen LogP contribution in [0.5, 0.6) is 0 Å². The van der Waals surface area contributed by atoms with E-state index in [1.165, 1.54) is 5.56 Å². The molecule has 0 aliphatic carbocycles. The zero-order valence-electron chi connectivity index (χ0n) is 7.70. The Bertz CT molecular complexity index is 305. The molecule has 0 bridgehead atoms. The van der Waals surface area contributed by atoms with Crippen LogP contribution in [0.2, 0.25) is 0 Å². The highest BCUT2D eigenvalue weighted by molar-refractivity contribution is 5.75. The second-order valence-corrected chi connectivity index (χ2v) is 2.69. The van der Waals surface area contributed by atoms with Crippen LogP contribution in [0.4, 0.5) is 5.69 Å². The molecule has 0 fully saturated rings. The number of rotatable bonds is 4. The lowest BCUT2D eigenvalue weighted by Gasteiger charge is -1.99. The number of nitrogens with one attached hydrogen (secondary N) is 1. The van der Waals surface area contributed by atoms with E-state index in [9.17, 15) is 0 Å². The summed E-state index contributed by atoms with van der Waals surface area (Å²) in [7, 11) is 0. The van der Waals surface area contributed by atoms with Crippen LogP contribution >= 0.6 is 0 Å². The fourth-order valence-corrected chi connectivity index (χ4v) is 0.954. The minimum atomic E-state index is 0.402. The smallest absolute Gasteiger partial charge is 0.130 e. The lowest BCUT2D eigenvalue weighted by atomic mass is 10.2. The van der Waals surface area contributed by atoms with Gasteiger partial charge in [0.1, 0.15) is 6.67 Å². The van der Waals surface area contributed by atoms with Gasteiger partial charge in [0.05, 0.1) is 6.34 Å². The van der Waals surface area contributed by atoms with Crippen molar-refractivity contribution in [3.8, 4) is 0 Å². The molecule has 0 aliphatic rings. The molecule has 3 heteroatoms. The average Bonchev–Trinajstić information content (AvgIpc) is 2.13. The molecule has 1 aromatic carbocycles. The molecule has 0 saturated carbocycles. The first-order valence-corrected chi connectivity index (χ1v) is 4.07. The van der Waals surface area contributed by atoms with Crippen LogP contribution in [0.15, 0.2) is 34.3 Å². The van der Waals surface area contributed by atoms with Gasteiger partial charge in [0, 0.05) is 5.69 Å². The van der Waals surface area contributed by atoms with Crippen molar-refractivity contribution in [1.29, 1.82) is 0 Å². The second kappa shape index (κ2) is 5.09. The standard InChI is InChI=1S/C10H13N3/c1-9-4-3-5-10(6-9)13-8-12-7-11-2/h3-6,8H,2,7H2,1H3,(H,12,13). The Kier molecular flexibility index (Phi) is 3.70. The maximum Gasteiger partial charge on any atom is 0.130 e. The molecule has 0 atom stereocenters. The Morgan fingerprint density at radius 3 is 3.08 bits per heavy atom. The molecule has 0 saturated heterocycles. The quantitative estimate of drug-likeness (QED) is 0.552. The number of benzene rings is 1. The van der Waals surface area contributed by atoms with Crippen LogP contribution in [-0.2, 0) is 0 Å². The number of hydrogen-bond donors (Lipinski definition) is 1. The highest BCUT2D eigenvalue weighted by atomic mass is 15.0. The van der Waals surface area contributed by atoms with Crippen molar-refractivity contribution in [2.75, 3.05) is 12.0 Å². The molecule has 0 amide bonds. The molecule has 0 aromatic heterocycles. The Morgan fingerprint density at radius 1 is 1.54 bits per heavy atom. The van der Waals surface area contributed by atoms with E-state index in [2.05, 4.69) is 22.0 Å². The fraction of sp³-hybridized carbons (Fsp3) is 0.200. The van der Waals surface area contributed by atoms with Gasteiger partial charge in [-0.1, -0.05) is 12.1 Å². The summed E-state index contributed by atoms with van der Waals surface area (Å²) in [4.78, 5) is 7.55. The van der Waals surface area contributed by atoms with E-state index in [0.29, 0.717) is 6.67 Å². The highest BCUT2D eigenvalue weighted by Gasteiger charge is 1.87. The van der Waals surface area contributed by atoms with Gasteiger partial charge in [0.15, 0.2) is 0 Å². The number of hydrogen-bond acceptors (Lipinski definition) is 2. The van der Waals surface area contributed by atoms with E-state index in [0.717, 1.165) is 5.69 Å². The predicted octanol–water partition coefficient (Wildman–Crippen LogP) is 2.09. The molecular formula is C10H13N3. The summed E-state index contributed by atoms with van der Waals surface area (Å²) in [5.41, 5.74) is 2.26. The summed E-state index contributed by atoms with van der Waals surface area (Å²) >= 11 is 0. The van der Waals surface area contributed by atoms with E-state index in [-0.39, 0.29) is 0 Å². The molecule has 1 rings (SSSR count). The Hall–Kier alpha value is -1.64. The van der Waals surface area contributed by atoms with Crippen LogP contribution in [0.3, 0.4) is 0 Å². The van der Waals surface area contributed by atoms with E-state index >= 15 is 0 Å². The van der Waals surface area contributed by atoms with E-state index < -0.39 is 0 Å². The molecule has 13 heavy (non-hydrogen) atoms. The van der Waals surface area contributed by atoms with E-state index in [4.69, 9.17) is 0 Å². The first-order valence-electron chi connectivity index (χ1n) is 4.07. The van der Waals surface area contributed by atoms with Gasteiger partial charge in [0.2, 0.25) is 0 Å². The topological polar surface area (TPSA) is 36.8 Å². The van der Waals surface area contributed by atoms with Crippen molar-refractivity contribution in [1.82, 2.24) is 0 Å². The molecule has 68 valence electrons.